The van der Waals surface area contributed by atoms with Crippen LogP contribution in [0.25, 0.3) is 0 Å². The lowest BCUT2D eigenvalue weighted by molar-refractivity contribution is 0.204. The second-order valence-corrected chi connectivity index (χ2v) is 3.99. The van der Waals surface area contributed by atoms with Crippen molar-refractivity contribution in [2.75, 3.05) is 6.61 Å². The quantitative estimate of drug-likeness (QED) is 0.618. The fraction of sp³-hybridized carbons (Fsp3) is 1.00. The molecule has 1 unspecified atom stereocenters. The van der Waals surface area contributed by atoms with E-state index in [0.29, 0.717) is 12.5 Å². The summed E-state index contributed by atoms with van der Waals surface area (Å²) >= 11 is 0. The molecule has 1 saturated carbocycles. The third kappa shape index (κ3) is 2.84. The highest BCUT2D eigenvalue weighted by atomic mass is 31.1. The molecule has 70 valence electrons. The van der Waals surface area contributed by atoms with Crippen LogP contribution in [-0.2, 0) is 9.09 Å². The standard InChI is InChI=1S/C9H17O2P/c1-2-8(7-11-12-10)9-5-3-4-6-9/h8-9H,2-7H2,1H3. The summed E-state index contributed by atoms with van der Waals surface area (Å²) in [4.78, 5) is 0. The van der Waals surface area contributed by atoms with Crippen molar-refractivity contribution in [2.24, 2.45) is 11.8 Å². The smallest absolute Gasteiger partial charge is 0.294 e. The van der Waals surface area contributed by atoms with E-state index >= 15 is 0 Å². The zero-order chi connectivity index (χ0) is 8.81. The third-order valence-electron chi connectivity index (χ3n) is 2.93. The fourth-order valence-corrected chi connectivity index (χ4v) is 2.39. The number of rotatable bonds is 5. The van der Waals surface area contributed by atoms with Crippen LogP contribution in [0.2, 0.25) is 0 Å². The molecule has 0 aromatic heterocycles. The van der Waals surface area contributed by atoms with Crippen LogP contribution in [0.15, 0.2) is 0 Å². The van der Waals surface area contributed by atoms with Gasteiger partial charge in [-0.25, -0.2) is 4.57 Å². The summed E-state index contributed by atoms with van der Waals surface area (Å²) in [5.41, 5.74) is 0. The highest BCUT2D eigenvalue weighted by Gasteiger charge is 2.23. The van der Waals surface area contributed by atoms with Gasteiger partial charge in [-0.05, 0) is 11.8 Å². The monoisotopic (exact) mass is 188 g/mol. The minimum Gasteiger partial charge on any atom is -0.294 e. The maximum atomic E-state index is 10.1. The van der Waals surface area contributed by atoms with Crippen molar-refractivity contribution < 1.29 is 9.09 Å². The lowest BCUT2D eigenvalue weighted by atomic mass is 9.90. The van der Waals surface area contributed by atoms with Crippen molar-refractivity contribution in [3.63, 3.8) is 0 Å². The van der Waals surface area contributed by atoms with E-state index in [1.54, 1.807) is 0 Å². The largest absolute Gasteiger partial charge is 0.327 e. The molecular formula is C9H17O2P. The third-order valence-corrected chi connectivity index (χ3v) is 3.19. The van der Waals surface area contributed by atoms with Gasteiger partial charge in [0.15, 0.2) is 0 Å². The first kappa shape index (κ1) is 10.1. The predicted molar refractivity (Wildman–Crippen MR) is 49.3 cm³/mol. The molecule has 0 aromatic carbocycles. The SMILES string of the molecule is CCC(COP=O)C1CCCC1. The van der Waals surface area contributed by atoms with Crippen LogP contribution >= 0.6 is 8.69 Å². The summed E-state index contributed by atoms with van der Waals surface area (Å²) in [6, 6.07) is 0. The first-order chi connectivity index (χ1) is 5.88. The Hall–Kier alpha value is 0.0600. The van der Waals surface area contributed by atoms with E-state index < -0.39 is 0 Å². The molecule has 12 heavy (non-hydrogen) atoms. The summed E-state index contributed by atoms with van der Waals surface area (Å²) in [7, 11) is -0.163. The first-order valence-electron chi connectivity index (χ1n) is 4.83. The Bertz CT molecular complexity index is 132. The number of hydrogen-bond donors (Lipinski definition) is 0. The average Bonchev–Trinajstić information content (AvgIpc) is 2.59. The molecule has 1 rings (SSSR count). The molecule has 1 aliphatic rings. The van der Waals surface area contributed by atoms with Crippen molar-refractivity contribution in [3.8, 4) is 0 Å². The molecule has 1 aliphatic carbocycles. The summed E-state index contributed by atoms with van der Waals surface area (Å²) in [5.74, 6) is 1.46. The molecule has 0 N–H and O–H groups in total. The summed E-state index contributed by atoms with van der Waals surface area (Å²) < 4.78 is 15.0. The van der Waals surface area contributed by atoms with Gasteiger partial charge < -0.3 is 0 Å². The van der Waals surface area contributed by atoms with Crippen LogP contribution in [0.4, 0.5) is 0 Å². The van der Waals surface area contributed by atoms with Gasteiger partial charge in [-0.3, -0.25) is 4.52 Å². The molecule has 3 heteroatoms. The molecule has 0 saturated heterocycles. The van der Waals surface area contributed by atoms with Gasteiger partial charge in [0, 0.05) is 0 Å². The van der Waals surface area contributed by atoms with E-state index in [2.05, 4.69) is 6.92 Å². The van der Waals surface area contributed by atoms with E-state index in [4.69, 9.17) is 4.52 Å². The van der Waals surface area contributed by atoms with Crippen LogP contribution in [0.3, 0.4) is 0 Å². The van der Waals surface area contributed by atoms with Gasteiger partial charge in [-0.1, -0.05) is 39.0 Å². The van der Waals surface area contributed by atoms with E-state index in [0.717, 1.165) is 12.3 Å². The Labute approximate surface area is 76.0 Å². The van der Waals surface area contributed by atoms with Gasteiger partial charge in [-0.2, -0.15) is 0 Å². The predicted octanol–water partition coefficient (Wildman–Crippen LogP) is 3.43. The van der Waals surface area contributed by atoms with E-state index in [1.165, 1.54) is 25.7 Å². The highest BCUT2D eigenvalue weighted by Crippen LogP contribution is 2.33. The fourth-order valence-electron chi connectivity index (χ4n) is 2.14. The van der Waals surface area contributed by atoms with Gasteiger partial charge in [-0.15, -0.1) is 0 Å². The Morgan fingerprint density at radius 2 is 2.17 bits per heavy atom. The Morgan fingerprint density at radius 1 is 1.50 bits per heavy atom. The van der Waals surface area contributed by atoms with E-state index in [-0.39, 0.29) is 8.69 Å². The minimum absolute atomic E-state index is 0.163. The van der Waals surface area contributed by atoms with E-state index in [1.807, 2.05) is 0 Å². The zero-order valence-corrected chi connectivity index (χ0v) is 8.56. The lowest BCUT2D eigenvalue weighted by Crippen LogP contribution is -2.15. The summed E-state index contributed by atoms with van der Waals surface area (Å²) in [6.45, 7) is 2.86. The van der Waals surface area contributed by atoms with Gasteiger partial charge in [0.25, 0.3) is 0 Å². The molecule has 0 spiro atoms. The molecule has 0 radical (unpaired) electrons. The molecule has 1 fully saturated rings. The van der Waals surface area contributed by atoms with Crippen LogP contribution in [0.5, 0.6) is 0 Å². The maximum absolute atomic E-state index is 10.1. The second-order valence-electron chi connectivity index (χ2n) is 3.58. The van der Waals surface area contributed by atoms with Crippen LogP contribution in [0, 0.1) is 11.8 Å². The molecular weight excluding hydrogens is 171 g/mol. The molecule has 0 aliphatic heterocycles. The molecule has 1 atom stereocenters. The molecule has 0 bridgehead atoms. The minimum atomic E-state index is -0.163. The topological polar surface area (TPSA) is 26.3 Å². The van der Waals surface area contributed by atoms with Crippen LogP contribution < -0.4 is 0 Å². The molecule has 0 heterocycles. The summed E-state index contributed by atoms with van der Waals surface area (Å²) in [5, 5.41) is 0. The Morgan fingerprint density at radius 3 is 2.67 bits per heavy atom. The average molecular weight is 188 g/mol. The molecule has 0 aromatic rings. The molecule has 0 amide bonds. The lowest BCUT2D eigenvalue weighted by Gasteiger charge is -2.19. The number of hydrogen-bond acceptors (Lipinski definition) is 2. The van der Waals surface area contributed by atoms with Gasteiger partial charge in [0.05, 0.1) is 6.61 Å². The van der Waals surface area contributed by atoms with E-state index in [9.17, 15) is 4.57 Å². The highest BCUT2D eigenvalue weighted by molar-refractivity contribution is 7.17. The van der Waals surface area contributed by atoms with Gasteiger partial charge in [0.1, 0.15) is 0 Å². The van der Waals surface area contributed by atoms with Crippen molar-refractivity contribution in [1.29, 1.82) is 0 Å². The normalized spacial score (nSPS) is 21.8. The Kier molecular flexibility index (Phi) is 4.79. The van der Waals surface area contributed by atoms with Gasteiger partial charge in [0.2, 0.25) is 0 Å². The Balaban J connectivity index is 2.27. The van der Waals surface area contributed by atoms with Gasteiger partial charge >= 0.3 is 8.69 Å². The van der Waals surface area contributed by atoms with Crippen molar-refractivity contribution >= 4 is 8.69 Å². The maximum Gasteiger partial charge on any atom is 0.327 e. The van der Waals surface area contributed by atoms with Crippen LogP contribution in [-0.4, -0.2) is 6.61 Å². The van der Waals surface area contributed by atoms with Crippen molar-refractivity contribution in [3.05, 3.63) is 0 Å². The van der Waals surface area contributed by atoms with Crippen LogP contribution in [0.1, 0.15) is 39.0 Å². The first-order valence-corrected chi connectivity index (χ1v) is 5.56. The zero-order valence-electron chi connectivity index (χ0n) is 7.66. The molecule has 2 nitrogen and oxygen atoms in total. The van der Waals surface area contributed by atoms with Crippen molar-refractivity contribution in [2.45, 2.75) is 39.0 Å². The van der Waals surface area contributed by atoms with Crippen molar-refractivity contribution in [1.82, 2.24) is 0 Å². The summed E-state index contributed by atoms with van der Waals surface area (Å²) in [6.07, 6.45) is 6.59. The second kappa shape index (κ2) is 5.66.